The number of alkyl halides is 3. The number of aromatic nitrogens is 1. The van der Waals surface area contributed by atoms with Crippen molar-refractivity contribution in [2.45, 2.75) is 6.18 Å². The molecule has 0 bridgehead atoms. The maximum atomic E-state index is 13.3. The molecule has 8 heteroatoms. The van der Waals surface area contributed by atoms with Crippen LogP contribution in [-0.2, 0) is 6.18 Å². The van der Waals surface area contributed by atoms with Crippen LogP contribution in [0.5, 0.6) is 0 Å². The predicted molar refractivity (Wildman–Crippen MR) is 84.5 cm³/mol. The van der Waals surface area contributed by atoms with E-state index in [2.05, 4.69) is 4.98 Å². The van der Waals surface area contributed by atoms with Crippen molar-refractivity contribution in [1.29, 1.82) is 5.26 Å². The zero-order valence-corrected chi connectivity index (χ0v) is 13.1. The first kappa shape index (κ1) is 17.0. The van der Waals surface area contributed by atoms with Gasteiger partial charge < -0.3 is 0 Å². The number of fused-ring (bicyclic) bond motifs is 1. The minimum Gasteiger partial charge on any atom is -0.235 e. The second-order valence-corrected chi connectivity index (χ2v) is 6.07. The molecule has 0 saturated heterocycles. The van der Waals surface area contributed by atoms with Gasteiger partial charge in [0.05, 0.1) is 21.4 Å². The third-order valence-corrected chi connectivity index (χ3v) is 4.39. The first-order chi connectivity index (χ1) is 11.8. The van der Waals surface area contributed by atoms with Gasteiger partial charge in [-0.3, -0.25) is 0 Å². The molecule has 0 spiro atoms. The van der Waals surface area contributed by atoms with Gasteiger partial charge in [-0.05, 0) is 42.0 Å². The molecular formula is C17H7F5N2S. The van der Waals surface area contributed by atoms with E-state index in [1.807, 2.05) is 6.07 Å². The zero-order chi connectivity index (χ0) is 18.2. The van der Waals surface area contributed by atoms with Gasteiger partial charge in [0.1, 0.15) is 11.1 Å². The first-order valence-electron chi connectivity index (χ1n) is 6.83. The van der Waals surface area contributed by atoms with Gasteiger partial charge in [-0.1, -0.05) is 6.07 Å². The standard InChI is InChI=1S/C17H7F5N2S/c18-12-3-1-9(6-13(12)19)5-10(8-23)16-24-14-7-11(17(20,21)22)2-4-15(14)25-16/h1-7H/b10-5+. The van der Waals surface area contributed by atoms with Gasteiger partial charge in [-0.15, -0.1) is 11.3 Å². The van der Waals surface area contributed by atoms with E-state index in [4.69, 9.17) is 0 Å². The van der Waals surface area contributed by atoms with E-state index in [9.17, 15) is 27.2 Å². The monoisotopic (exact) mass is 366 g/mol. The van der Waals surface area contributed by atoms with E-state index in [0.29, 0.717) is 4.70 Å². The second kappa shape index (κ2) is 6.26. The highest BCUT2D eigenvalue weighted by Crippen LogP contribution is 2.34. The van der Waals surface area contributed by atoms with E-state index in [-0.39, 0.29) is 21.7 Å². The van der Waals surface area contributed by atoms with Crippen molar-refractivity contribution in [2.24, 2.45) is 0 Å². The molecule has 1 heterocycles. The number of nitriles is 1. The Morgan fingerprint density at radius 3 is 2.48 bits per heavy atom. The average molecular weight is 366 g/mol. The molecule has 0 atom stereocenters. The molecule has 0 saturated carbocycles. The van der Waals surface area contributed by atoms with E-state index in [0.717, 1.165) is 35.6 Å². The van der Waals surface area contributed by atoms with Gasteiger partial charge in [0.2, 0.25) is 0 Å². The topological polar surface area (TPSA) is 36.7 Å². The van der Waals surface area contributed by atoms with Crippen molar-refractivity contribution in [3.63, 3.8) is 0 Å². The molecular weight excluding hydrogens is 359 g/mol. The summed E-state index contributed by atoms with van der Waals surface area (Å²) in [5, 5.41) is 9.47. The lowest BCUT2D eigenvalue weighted by Crippen LogP contribution is -2.03. The van der Waals surface area contributed by atoms with Crippen LogP contribution in [0.1, 0.15) is 16.1 Å². The Morgan fingerprint density at radius 1 is 1.08 bits per heavy atom. The van der Waals surface area contributed by atoms with Gasteiger partial charge in [0.25, 0.3) is 0 Å². The Labute approximate surface area is 142 Å². The lowest BCUT2D eigenvalue weighted by atomic mass is 10.1. The van der Waals surface area contributed by atoms with Crippen molar-refractivity contribution in [3.05, 3.63) is 64.2 Å². The zero-order valence-electron chi connectivity index (χ0n) is 12.2. The number of hydrogen-bond acceptors (Lipinski definition) is 3. The van der Waals surface area contributed by atoms with Gasteiger partial charge >= 0.3 is 6.18 Å². The molecule has 25 heavy (non-hydrogen) atoms. The minimum atomic E-state index is -4.49. The average Bonchev–Trinajstić information content (AvgIpc) is 2.97. The van der Waals surface area contributed by atoms with Crippen molar-refractivity contribution in [2.75, 3.05) is 0 Å². The largest absolute Gasteiger partial charge is 0.416 e. The molecule has 0 aliphatic rings. The Balaban J connectivity index is 2.05. The summed E-state index contributed by atoms with van der Waals surface area (Å²) in [6.45, 7) is 0. The summed E-state index contributed by atoms with van der Waals surface area (Å²) in [5.74, 6) is -2.08. The molecule has 0 aliphatic carbocycles. The maximum absolute atomic E-state index is 13.3. The van der Waals surface area contributed by atoms with Gasteiger partial charge in [-0.25, -0.2) is 13.8 Å². The van der Waals surface area contributed by atoms with Crippen LogP contribution < -0.4 is 0 Å². The van der Waals surface area contributed by atoms with E-state index < -0.39 is 23.4 Å². The molecule has 0 unspecified atom stereocenters. The van der Waals surface area contributed by atoms with Crippen LogP contribution in [0.25, 0.3) is 21.9 Å². The van der Waals surface area contributed by atoms with Crippen LogP contribution in [0.4, 0.5) is 22.0 Å². The number of benzene rings is 2. The number of thiazole rings is 1. The summed E-state index contributed by atoms with van der Waals surface area (Å²) in [6, 6.07) is 8.13. The normalized spacial score (nSPS) is 12.4. The summed E-state index contributed by atoms with van der Waals surface area (Å²) in [5.41, 5.74) is -0.437. The number of nitrogens with zero attached hydrogens (tertiary/aromatic N) is 2. The summed E-state index contributed by atoms with van der Waals surface area (Å²) in [4.78, 5) is 4.05. The summed E-state index contributed by atoms with van der Waals surface area (Å²) < 4.78 is 64.9. The first-order valence-corrected chi connectivity index (χ1v) is 7.64. The summed E-state index contributed by atoms with van der Waals surface area (Å²) in [6.07, 6.45) is -3.19. The Hall–Kier alpha value is -2.79. The van der Waals surface area contributed by atoms with Gasteiger partial charge in [-0.2, -0.15) is 18.4 Å². The van der Waals surface area contributed by atoms with Crippen LogP contribution in [0.15, 0.2) is 36.4 Å². The van der Waals surface area contributed by atoms with E-state index in [1.54, 1.807) is 0 Å². The molecule has 0 N–H and O–H groups in total. The molecule has 2 aromatic carbocycles. The smallest absolute Gasteiger partial charge is 0.235 e. The van der Waals surface area contributed by atoms with Crippen LogP contribution in [0, 0.1) is 23.0 Å². The Morgan fingerprint density at radius 2 is 1.84 bits per heavy atom. The fourth-order valence-corrected chi connectivity index (χ4v) is 3.04. The predicted octanol–water partition coefficient (Wildman–Crippen LogP) is 5.66. The highest BCUT2D eigenvalue weighted by molar-refractivity contribution is 7.19. The van der Waals surface area contributed by atoms with Gasteiger partial charge in [0.15, 0.2) is 11.6 Å². The molecule has 0 fully saturated rings. The second-order valence-electron chi connectivity index (χ2n) is 5.04. The van der Waals surface area contributed by atoms with E-state index >= 15 is 0 Å². The van der Waals surface area contributed by atoms with Crippen LogP contribution >= 0.6 is 11.3 Å². The highest BCUT2D eigenvalue weighted by Gasteiger charge is 2.30. The molecule has 0 amide bonds. The molecule has 0 aliphatic heterocycles. The number of rotatable bonds is 2. The van der Waals surface area contributed by atoms with Crippen molar-refractivity contribution in [3.8, 4) is 6.07 Å². The van der Waals surface area contributed by atoms with E-state index in [1.165, 1.54) is 18.2 Å². The third kappa shape index (κ3) is 3.51. The maximum Gasteiger partial charge on any atom is 0.416 e. The molecule has 3 aromatic rings. The van der Waals surface area contributed by atoms with Gasteiger partial charge in [0, 0.05) is 0 Å². The molecule has 126 valence electrons. The van der Waals surface area contributed by atoms with Crippen molar-refractivity contribution in [1.82, 2.24) is 4.98 Å². The third-order valence-electron chi connectivity index (χ3n) is 3.32. The number of allylic oxidation sites excluding steroid dienone is 1. The molecule has 3 rings (SSSR count). The quantitative estimate of drug-likeness (QED) is 0.434. The van der Waals surface area contributed by atoms with Crippen LogP contribution in [0.3, 0.4) is 0 Å². The molecule has 0 radical (unpaired) electrons. The number of hydrogen-bond donors (Lipinski definition) is 0. The fourth-order valence-electron chi connectivity index (χ4n) is 2.13. The highest BCUT2D eigenvalue weighted by atomic mass is 32.1. The van der Waals surface area contributed by atoms with Crippen molar-refractivity contribution >= 4 is 33.2 Å². The summed E-state index contributed by atoms with van der Waals surface area (Å²) in [7, 11) is 0. The van der Waals surface area contributed by atoms with Crippen molar-refractivity contribution < 1.29 is 22.0 Å². The van der Waals surface area contributed by atoms with Crippen LogP contribution in [0.2, 0.25) is 0 Å². The number of halogens is 5. The minimum absolute atomic E-state index is 0.0424. The molecule has 2 nitrogen and oxygen atoms in total. The fraction of sp³-hybridized carbons (Fsp3) is 0.0588. The lowest BCUT2D eigenvalue weighted by Gasteiger charge is -2.04. The Kier molecular flexibility index (Phi) is 4.27. The molecule has 1 aromatic heterocycles. The lowest BCUT2D eigenvalue weighted by molar-refractivity contribution is -0.137. The summed E-state index contributed by atoms with van der Waals surface area (Å²) >= 11 is 1.04. The Bertz CT molecular complexity index is 1030. The van der Waals surface area contributed by atoms with Crippen LogP contribution in [-0.4, -0.2) is 4.98 Å². The SMILES string of the molecule is N#C/C(=C\c1ccc(F)c(F)c1)c1nc2cc(C(F)(F)F)ccc2s1.